The topological polar surface area (TPSA) is 84.5 Å². The molecule has 1 N–H and O–H groups in total. The molecule has 3 heterocycles. The number of hydrogen-bond acceptors (Lipinski definition) is 5. The van der Waals surface area contributed by atoms with E-state index >= 15 is 0 Å². The summed E-state index contributed by atoms with van der Waals surface area (Å²) in [5.74, 6) is 0.337. The van der Waals surface area contributed by atoms with Crippen LogP contribution in [-0.4, -0.2) is 37.7 Å². The molecular weight excluding hydrogens is 356 g/mol. The minimum absolute atomic E-state index is 0.00752. The first-order valence-electron chi connectivity index (χ1n) is 9.50. The van der Waals surface area contributed by atoms with E-state index in [2.05, 4.69) is 32.4 Å². The van der Waals surface area contributed by atoms with Crippen molar-refractivity contribution in [3.05, 3.63) is 57.6 Å². The molecule has 0 aliphatic carbocycles. The van der Waals surface area contributed by atoms with Crippen molar-refractivity contribution in [2.75, 3.05) is 11.4 Å². The lowest BCUT2D eigenvalue weighted by atomic mass is 10.0. The number of aromatic nitrogens is 4. The zero-order valence-electron chi connectivity index (χ0n) is 16.3. The lowest BCUT2D eigenvalue weighted by Gasteiger charge is -2.29. The van der Waals surface area contributed by atoms with Crippen molar-refractivity contribution in [2.45, 2.75) is 46.3 Å². The van der Waals surface area contributed by atoms with Crippen LogP contribution in [0.4, 0.5) is 5.95 Å². The maximum atomic E-state index is 13.0. The van der Waals surface area contributed by atoms with Gasteiger partial charge in [-0.2, -0.15) is 0 Å². The highest BCUT2D eigenvalue weighted by atomic mass is 16.2. The standard InChI is InChI=1S/C20H24N6O2/c1-13(2)21-18(27)12-25-20(28)26-17(23-25)10-14(3)22-19(26)24-9-8-15-6-4-5-7-16(15)11-24/h4-7,10,13H,8-9,11-12H2,1-3H3,(H,21,27). The molecule has 0 saturated heterocycles. The Labute approximate surface area is 162 Å². The van der Waals surface area contributed by atoms with E-state index in [1.807, 2.05) is 32.9 Å². The van der Waals surface area contributed by atoms with Gasteiger partial charge in [0, 0.05) is 30.9 Å². The van der Waals surface area contributed by atoms with Gasteiger partial charge in [-0.3, -0.25) is 4.79 Å². The van der Waals surface area contributed by atoms with Gasteiger partial charge < -0.3 is 10.2 Å². The van der Waals surface area contributed by atoms with Crippen molar-refractivity contribution in [1.82, 2.24) is 24.5 Å². The van der Waals surface area contributed by atoms with Gasteiger partial charge >= 0.3 is 5.69 Å². The number of carbonyl (C=O) groups excluding carboxylic acids is 1. The van der Waals surface area contributed by atoms with Gasteiger partial charge in [0.1, 0.15) is 6.54 Å². The summed E-state index contributed by atoms with van der Waals surface area (Å²) in [6.07, 6.45) is 0.896. The molecule has 28 heavy (non-hydrogen) atoms. The number of aryl methyl sites for hydroxylation is 1. The first-order chi connectivity index (χ1) is 13.4. The third kappa shape index (κ3) is 3.37. The largest absolute Gasteiger partial charge is 0.353 e. The van der Waals surface area contributed by atoms with Crippen LogP contribution in [0.2, 0.25) is 0 Å². The summed E-state index contributed by atoms with van der Waals surface area (Å²) in [7, 11) is 0. The van der Waals surface area contributed by atoms with Crippen molar-refractivity contribution >= 4 is 17.5 Å². The molecule has 4 rings (SSSR count). The molecule has 146 valence electrons. The number of hydrogen-bond donors (Lipinski definition) is 1. The van der Waals surface area contributed by atoms with E-state index in [9.17, 15) is 9.59 Å². The third-order valence-corrected chi connectivity index (χ3v) is 4.84. The van der Waals surface area contributed by atoms with Gasteiger partial charge in [0.05, 0.1) is 0 Å². The second kappa shape index (κ2) is 7.10. The SMILES string of the molecule is Cc1cc2nn(CC(=O)NC(C)C)c(=O)n2c(N2CCc3ccccc3C2)n1. The van der Waals surface area contributed by atoms with Gasteiger partial charge in [-0.1, -0.05) is 24.3 Å². The normalized spacial score (nSPS) is 13.8. The van der Waals surface area contributed by atoms with Gasteiger partial charge in [-0.15, -0.1) is 5.10 Å². The number of nitrogens with one attached hydrogen (secondary N) is 1. The Morgan fingerprint density at radius 2 is 2.00 bits per heavy atom. The molecule has 0 fully saturated rings. The molecule has 2 aromatic heterocycles. The fourth-order valence-electron chi connectivity index (χ4n) is 3.62. The minimum Gasteiger partial charge on any atom is -0.352 e. The Morgan fingerprint density at radius 3 is 2.75 bits per heavy atom. The average Bonchev–Trinajstić information content (AvgIpc) is 2.95. The maximum absolute atomic E-state index is 13.0. The van der Waals surface area contributed by atoms with Crippen LogP contribution in [0.5, 0.6) is 0 Å². The molecule has 0 atom stereocenters. The number of fused-ring (bicyclic) bond motifs is 2. The zero-order chi connectivity index (χ0) is 19.8. The second-order valence-corrected chi connectivity index (χ2v) is 7.49. The zero-order valence-corrected chi connectivity index (χ0v) is 16.3. The number of amides is 1. The molecule has 8 nitrogen and oxygen atoms in total. The lowest BCUT2D eigenvalue weighted by molar-refractivity contribution is -0.122. The summed E-state index contributed by atoms with van der Waals surface area (Å²) in [5.41, 5.74) is 3.50. The van der Waals surface area contributed by atoms with Crippen LogP contribution in [0.3, 0.4) is 0 Å². The van der Waals surface area contributed by atoms with E-state index in [-0.39, 0.29) is 24.2 Å². The molecule has 3 aromatic rings. The Hall–Kier alpha value is -3.16. The highest BCUT2D eigenvalue weighted by Crippen LogP contribution is 2.23. The number of carbonyl (C=O) groups is 1. The predicted octanol–water partition coefficient (Wildman–Crippen LogP) is 1.29. The van der Waals surface area contributed by atoms with Gasteiger partial charge in [0.25, 0.3) is 0 Å². The third-order valence-electron chi connectivity index (χ3n) is 4.84. The lowest BCUT2D eigenvalue weighted by Crippen LogP contribution is -2.37. The van der Waals surface area contributed by atoms with Crippen LogP contribution in [-0.2, 0) is 24.3 Å². The molecule has 8 heteroatoms. The molecule has 0 bridgehead atoms. The van der Waals surface area contributed by atoms with Crippen LogP contribution in [0.25, 0.3) is 5.65 Å². The van der Waals surface area contributed by atoms with Crippen molar-refractivity contribution in [1.29, 1.82) is 0 Å². The fourth-order valence-corrected chi connectivity index (χ4v) is 3.62. The highest BCUT2D eigenvalue weighted by molar-refractivity contribution is 5.75. The van der Waals surface area contributed by atoms with Gasteiger partial charge in [-0.25, -0.2) is 18.9 Å². The van der Waals surface area contributed by atoms with E-state index in [1.54, 1.807) is 6.07 Å². The van der Waals surface area contributed by atoms with Crippen molar-refractivity contribution in [3.63, 3.8) is 0 Å². The fraction of sp³-hybridized carbons (Fsp3) is 0.400. The van der Waals surface area contributed by atoms with Crippen molar-refractivity contribution in [2.24, 2.45) is 0 Å². The highest BCUT2D eigenvalue weighted by Gasteiger charge is 2.22. The molecule has 1 aliphatic rings. The Kier molecular flexibility index (Phi) is 4.62. The summed E-state index contributed by atoms with van der Waals surface area (Å²) in [4.78, 5) is 31.8. The Morgan fingerprint density at radius 1 is 1.25 bits per heavy atom. The van der Waals surface area contributed by atoms with Crippen LogP contribution in [0, 0.1) is 6.92 Å². The molecule has 0 radical (unpaired) electrons. The molecular formula is C20H24N6O2. The van der Waals surface area contributed by atoms with E-state index in [0.717, 1.165) is 18.7 Å². The van der Waals surface area contributed by atoms with Crippen molar-refractivity contribution < 1.29 is 4.79 Å². The maximum Gasteiger partial charge on any atom is 0.353 e. The van der Waals surface area contributed by atoms with E-state index in [4.69, 9.17) is 0 Å². The van der Waals surface area contributed by atoms with Crippen LogP contribution in [0.15, 0.2) is 35.1 Å². The van der Waals surface area contributed by atoms with Gasteiger partial charge in [0.15, 0.2) is 5.65 Å². The smallest absolute Gasteiger partial charge is 0.352 e. The van der Waals surface area contributed by atoms with Crippen molar-refractivity contribution in [3.8, 4) is 0 Å². The van der Waals surface area contributed by atoms with Crippen LogP contribution >= 0.6 is 0 Å². The summed E-state index contributed by atoms with van der Waals surface area (Å²) < 4.78 is 2.71. The quantitative estimate of drug-likeness (QED) is 0.737. The summed E-state index contributed by atoms with van der Waals surface area (Å²) in [6.45, 7) is 6.99. The molecule has 0 spiro atoms. The van der Waals surface area contributed by atoms with E-state index in [1.165, 1.54) is 20.2 Å². The van der Waals surface area contributed by atoms with Crippen LogP contribution in [0.1, 0.15) is 30.7 Å². The molecule has 0 unspecified atom stereocenters. The first kappa shape index (κ1) is 18.2. The molecule has 1 aromatic carbocycles. The van der Waals surface area contributed by atoms with E-state index < -0.39 is 0 Å². The minimum atomic E-state index is -0.352. The summed E-state index contributed by atoms with van der Waals surface area (Å²) in [6, 6.07) is 10.1. The molecule has 0 saturated carbocycles. The number of benzene rings is 1. The molecule has 1 amide bonds. The predicted molar refractivity (Wildman–Crippen MR) is 106 cm³/mol. The monoisotopic (exact) mass is 380 g/mol. The number of rotatable bonds is 4. The molecule has 1 aliphatic heterocycles. The second-order valence-electron chi connectivity index (χ2n) is 7.49. The van der Waals surface area contributed by atoms with E-state index in [0.29, 0.717) is 18.1 Å². The van der Waals surface area contributed by atoms with Gasteiger partial charge in [0.2, 0.25) is 11.9 Å². The summed E-state index contributed by atoms with van der Waals surface area (Å²) in [5, 5.41) is 7.15. The first-order valence-corrected chi connectivity index (χ1v) is 9.50. The van der Waals surface area contributed by atoms with Crippen LogP contribution < -0.4 is 15.9 Å². The number of anilines is 1. The van der Waals surface area contributed by atoms with Gasteiger partial charge in [-0.05, 0) is 38.3 Å². The Balaban J connectivity index is 1.73. The Bertz CT molecular complexity index is 1100. The number of nitrogens with zero attached hydrogens (tertiary/aromatic N) is 5. The summed E-state index contributed by atoms with van der Waals surface area (Å²) >= 11 is 0. The average molecular weight is 380 g/mol.